The van der Waals surface area contributed by atoms with Crippen LogP contribution in [-0.2, 0) is 16.0 Å². The van der Waals surface area contributed by atoms with E-state index in [-0.39, 0.29) is 13.3 Å². The van der Waals surface area contributed by atoms with Crippen molar-refractivity contribution < 1.29 is 21.1 Å². The lowest BCUT2D eigenvalue weighted by molar-refractivity contribution is 0.0322. The lowest BCUT2D eigenvalue weighted by Gasteiger charge is -2.29. The summed E-state index contributed by atoms with van der Waals surface area (Å²) in [5, 5.41) is 6.64. The zero-order chi connectivity index (χ0) is 21.9. The number of unbranched alkanes of at least 4 members (excludes halogenated alkanes) is 1. The third-order valence-corrected chi connectivity index (χ3v) is 5.20. The van der Waals surface area contributed by atoms with Crippen LogP contribution in [0.3, 0.4) is 0 Å². The van der Waals surface area contributed by atoms with Crippen molar-refractivity contribution >= 4 is 12.0 Å². The number of ether oxygens (including phenoxy) is 3. The minimum absolute atomic E-state index is 0. The number of hydrogen-bond donors (Lipinski definition) is 2. The zero-order valence-corrected chi connectivity index (χ0v) is 19.6. The van der Waals surface area contributed by atoms with E-state index >= 15 is 0 Å². The average Bonchev–Trinajstić information content (AvgIpc) is 2.81. The Morgan fingerprint density at radius 3 is 2.62 bits per heavy atom. The number of anilines is 1. The van der Waals surface area contributed by atoms with Crippen LogP contribution in [-0.4, -0.2) is 78.8 Å². The monoisotopic (exact) mass is 451 g/mol. The third kappa shape index (κ3) is 7.37. The first-order valence-electron chi connectivity index (χ1n) is 11.5. The first-order chi connectivity index (χ1) is 15.3. The maximum Gasteiger partial charge on any atom is 0.226 e. The molecule has 1 unspecified atom stereocenters. The number of benzene rings is 1. The molecule has 182 valence electrons. The van der Waals surface area contributed by atoms with Crippen LogP contribution in [0.15, 0.2) is 29.3 Å². The molecule has 1 aromatic heterocycles. The Bertz CT molecular complexity index is 787. The van der Waals surface area contributed by atoms with Gasteiger partial charge in [0.1, 0.15) is 18.1 Å². The highest BCUT2D eigenvalue weighted by Gasteiger charge is 2.21. The van der Waals surface area contributed by atoms with Gasteiger partial charge in [0.2, 0.25) is 6.35 Å². The van der Waals surface area contributed by atoms with Crippen LogP contribution in [0.2, 0.25) is 0 Å². The van der Waals surface area contributed by atoms with Crippen LogP contribution in [0, 0.1) is 0 Å². The molecule has 1 saturated heterocycles. The van der Waals surface area contributed by atoms with Gasteiger partial charge in [-0.1, -0.05) is 39.3 Å². The Morgan fingerprint density at radius 1 is 1.16 bits per heavy atom. The molecule has 0 aliphatic carbocycles. The first kappa shape index (κ1) is 25.9. The van der Waals surface area contributed by atoms with Gasteiger partial charge in [0.25, 0.3) is 0 Å². The van der Waals surface area contributed by atoms with E-state index in [1.54, 1.807) is 0 Å². The summed E-state index contributed by atoms with van der Waals surface area (Å²) in [4.78, 5) is 6.74. The van der Waals surface area contributed by atoms with E-state index in [4.69, 9.17) is 14.2 Å². The van der Waals surface area contributed by atoms with Crippen LogP contribution in [0.1, 0.15) is 46.3 Å². The number of fused-ring (bicyclic) bond motifs is 1. The first-order valence-corrected chi connectivity index (χ1v) is 11.5. The number of aromatic nitrogens is 2. The largest absolute Gasteiger partial charge is 0.492 e. The van der Waals surface area contributed by atoms with E-state index in [0.29, 0.717) is 13.2 Å². The number of aromatic amines is 1. The van der Waals surface area contributed by atoms with Crippen molar-refractivity contribution in [3.63, 3.8) is 0 Å². The minimum Gasteiger partial charge on any atom is -0.492 e. The number of rotatable bonds is 10. The van der Waals surface area contributed by atoms with Gasteiger partial charge in [0, 0.05) is 21.1 Å². The van der Waals surface area contributed by atoms with Gasteiger partial charge in [0.05, 0.1) is 32.6 Å². The predicted molar refractivity (Wildman–Crippen MR) is 130 cm³/mol. The summed E-state index contributed by atoms with van der Waals surface area (Å²) in [7, 11) is 0. The van der Waals surface area contributed by atoms with Crippen molar-refractivity contribution in [1.82, 2.24) is 14.7 Å². The molecule has 1 fully saturated rings. The molecule has 2 aromatic rings. The van der Waals surface area contributed by atoms with Gasteiger partial charge in [-0.25, -0.2) is 4.99 Å². The maximum absolute atomic E-state index is 5.89. The van der Waals surface area contributed by atoms with E-state index in [1.807, 2.05) is 32.2 Å². The second-order valence-electron chi connectivity index (χ2n) is 7.41. The number of morpholine rings is 1. The average molecular weight is 452 g/mol. The summed E-state index contributed by atoms with van der Waals surface area (Å²) < 4.78 is 19.1. The number of nitrogens with one attached hydrogen (secondary N) is 2. The van der Waals surface area contributed by atoms with E-state index in [2.05, 4.69) is 44.0 Å². The molecule has 0 spiro atoms. The molecule has 9 nitrogen and oxygen atoms in total. The number of hydrogen-bond acceptors (Lipinski definition) is 6. The Labute approximate surface area is 192 Å². The summed E-state index contributed by atoms with van der Waals surface area (Å²) in [6.07, 6.45) is 3.70. The van der Waals surface area contributed by atoms with Gasteiger partial charge in [-0.2, -0.15) is 0 Å². The number of H-pyrrole nitrogens is 1. The lowest BCUT2D eigenvalue weighted by Crippen LogP contribution is -2.38. The zero-order valence-electron chi connectivity index (χ0n) is 19.6. The fourth-order valence-corrected chi connectivity index (χ4v) is 3.42. The van der Waals surface area contributed by atoms with E-state index in [0.717, 1.165) is 69.5 Å². The number of nitrogens with zero attached hydrogens (tertiary/aromatic N) is 3. The summed E-state index contributed by atoms with van der Waals surface area (Å²) >= 11 is 0. The summed E-state index contributed by atoms with van der Waals surface area (Å²) in [6.45, 7) is 12.9. The minimum atomic E-state index is -0.299. The molecule has 0 radical (unpaired) electrons. The fourth-order valence-electron chi connectivity index (χ4n) is 3.42. The predicted octanol–water partition coefficient (Wildman–Crippen LogP) is 2.97. The van der Waals surface area contributed by atoms with Crippen LogP contribution < -0.4 is 10.1 Å². The highest BCUT2D eigenvalue weighted by atomic mass is 16.5. The van der Waals surface area contributed by atoms with Crippen molar-refractivity contribution in [2.45, 2.75) is 46.5 Å². The fraction of sp³-hybridized carbons (Fsp3) is 0.609. The van der Waals surface area contributed by atoms with Gasteiger partial charge < -0.3 is 25.0 Å². The number of aliphatic imine (C=N–C) groups is 1. The molecule has 9 heteroatoms. The van der Waals surface area contributed by atoms with Crippen LogP contribution >= 0.6 is 0 Å². The van der Waals surface area contributed by atoms with Gasteiger partial charge >= 0.3 is 0 Å². The summed E-state index contributed by atoms with van der Waals surface area (Å²) in [5.74, 6) is 1.94. The van der Waals surface area contributed by atoms with Gasteiger partial charge in [-0.05, 0) is 24.1 Å². The van der Waals surface area contributed by atoms with Crippen molar-refractivity contribution in [1.29, 1.82) is 0 Å². The SMILES string of the molecule is CC.CCCCOC1N=Cc2[nH]n(Cc3ccc(OCCN4CCOCC4)cc3)c2N1.O.[HH]. The molecule has 2 aliphatic rings. The Hall–Kier alpha value is -2.33. The van der Waals surface area contributed by atoms with Crippen molar-refractivity contribution in [2.75, 3.05) is 51.4 Å². The second-order valence-corrected chi connectivity index (χ2v) is 7.41. The quantitative estimate of drug-likeness (QED) is 0.540. The molecule has 1 aromatic carbocycles. The van der Waals surface area contributed by atoms with E-state index in [1.165, 1.54) is 5.56 Å². The molecular formula is C23H41N5O4. The molecule has 0 amide bonds. The molecule has 4 N–H and O–H groups in total. The molecule has 2 aliphatic heterocycles. The molecule has 3 heterocycles. The van der Waals surface area contributed by atoms with Crippen LogP contribution in [0.25, 0.3) is 0 Å². The molecular weight excluding hydrogens is 410 g/mol. The van der Waals surface area contributed by atoms with Crippen molar-refractivity contribution in [2.24, 2.45) is 4.99 Å². The Balaban J connectivity index is 0.00000133. The lowest BCUT2D eigenvalue weighted by atomic mass is 10.2. The summed E-state index contributed by atoms with van der Waals surface area (Å²) in [6, 6.07) is 8.29. The van der Waals surface area contributed by atoms with Crippen molar-refractivity contribution in [3.8, 4) is 5.75 Å². The van der Waals surface area contributed by atoms with Gasteiger partial charge in [-0.3, -0.25) is 14.7 Å². The smallest absolute Gasteiger partial charge is 0.226 e. The molecule has 1 atom stereocenters. The Morgan fingerprint density at radius 2 is 1.91 bits per heavy atom. The standard InChI is InChI=1S/C21H31N5O3.C2H6.H2O.H2/c1-2-3-11-29-21-22-15-19-20(23-21)26(24-19)16-17-4-6-18(7-5-17)28-14-10-25-8-12-27-13-9-25;1-2;;/h4-7,15,21,23-24H,2-3,8-14,16H2,1H3;1-2H3;1H2;1H. The Kier molecular flexibility index (Phi) is 11.3. The maximum atomic E-state index is 5.89. The van der Waals surface area contributed by atoms with Gasteiger partial charge in [0.15, 0.2) is 5.82 Å². The third-order valence-electron chi connectivity index (χ3n) is 5.20. The van der Waals surface area contributed by atoms with E-state index in [9.17, 15) is 0 Å². The van der Waals surface area contributed by atoms with Crippen LogP contribution in [0.5, 0.6) is 5.75 Å². The molecule has 0 saturated carbocycles. The summed E-state index contributed by atoms with van der Waals surface area (Å²) in [5.41, 5.74) is 2.21. The van der Waals surface area contributed by atoms with Gasteiger partial charge in [-0.15, -0.1) is 0 Å². The normalized spacial score (nSPS) is 17.5. The molecule has 32 heavy (non-hydrogen) atoms. The van der Waals surface area contributed by atoms with Crippen molar-refractivity contribution in [3.05, 3.63) is 35.5 Å². The van der Waals surface area contributed by atoms with Crippen LogP contribution in [0.4, 0.5) is 5.82 Å². The second kappa shape index (κ2) is 13.9. The molecule has 0 bridgehead atoms. The molecule has 4 rings (SSSR count). The topological polar surface area (TPSA) is 108 Å². The highest BCUT2D eigenvalue weighted by molar-refractivity contribution is 5.86. The van der Waals surface area contributed by atoms with E-state index < -0.39 is 0 Å². The highest BCUT2D eigenvalue weighted by Crippen LogP contribution is 2.23.